The number of rotatable bonds is 5. The first-order chi connectivity index (χ1) is 15.2. The number of nitrogens with zero attached hydrogens (tertiary/aromatic N) is 3. The summed E-state index contributed by atoms with van der Waals surface area (Å²) in [6.45, 7) is 4.16. The summed E-state index contributed by atoms with van der Waals surface area (Å²) < 4.78 is 0. The van der Waals surface area contributed by atoms with Gasteiger partial charge in [0.15, 0.2) is 5.96 Å². The van der Waals surface area contributed by atoms with E-state index >= 15 is 0 Å². The molecule has 1 fully saturated rings. The third-order valence-electron chi connectivity index (χ3n) is 6.22. The molecule has 2 aromatic rings. The second-order valence-corrected chi connectivity index (χ2v) is 8.38. The molecule has 0 unspecified atom stereocenters. The number of fused-ring (bicyclic) bond motifs is 1. The van der Waals surface area contributed by atoms with Gasteiger partial charge in [0.2, 0.25) is 5.91 Å². The lowest BCUT2D eigenvalue weighted by Gasteiger charge is -2.33. The number of carbonyl (C=O) groups excluding carboxylic acids is 1. The van der Waals surface area contributed by atoms with Crippen molar-refractivity contribution >= 4 is 41.5 Å². The van der Waals surface area contributed by atoms with Gasteiger partial charge in [-0.05, 0) is 42.9 Å². The van der Waals surface area contributed by atoms with Crippen molar-refractivity contribution in [3.05, 3.63) is 65.7 Å². The van der Waals surface area contributed by atoms with Crippen LogP contribution in [-0.2, 0) is 17.8 Å². The molecular weight excluding hydrogens is 513 g/mol. The lowest BCUT2D eigenvalue weighted by Crippen LogP contribution is -2.51. The summed E-state index contributed by atoms with van der Waals surface area (Å²) in [5.74, 6) is 0.799. The minimum atomic E-state index is 0. The Morgan fingerprint density at radius 3 is 2.50 bits per heavy atom. The molecule has 0 atom stereocenters. The quantitative estimate of drug-likeness (QED) is 0.343. The highest BCUT2D eigenvalue weighted by Gasteiger charge is 2.23. The highest BCUT2D eigenvalue weighted by molar-refractivity contribution is 14.0. The van der Waals surface area contributed by atoms with E-state index in [1.807, 2.05) is 23.1 Å². The SMILES string of the molecule is CN=C(NCC(=O)N1CCCc2ccccc21)NC1CCN(Cc2ccccc2)CC1.I. The normalized spacial score (nSPS) is 17.3. The summed E-state index contributed by atoms with van der Waals surface area (Å²) in [7, 11) is 1.76. The van der Waals surface area contributed by atoms with E-state index < -0.39 is 0 Å². The van der Waals surface area contributed by atoms with Crippen molar-refractivity contribution in [1.82, 2.24) is 15.5 Å². The van der Waals surface area contributed by atoms with Gasteiger partial charge < -0.3 is 15.5 Å². The average Bonchev–Trinajstić information content (AvgIpc) is 2.83. The lowest BCUT2D eigenvalue weighted by atomic mass is 10.0. The predicted molar refractivity (Wildman–Crippen MR) is 142 cm³/mol. The molecule has 6 nitrogen and oxygen atoms in total. The Morgan fingerprint density at radius 1 is 1.03 bits per heavy atom. The maximum absolute atomic E-state index is 12.9. The van der Waals surface area contributed by atoms with Gasteiger partial charge in [0.1, 0.15) is 0 Å². The maximum Gasteiger partial charge on any atom is 0.246 e. The minimum Gasteiger partial charge on any atom is -0.354 e. The first-order valence-corrected chi connectivity index (χ1v) is 11.3. The fourth-order valence-electron chi connectivity index (χ4n) is 4.51. The number of hydrogen-bond donors (Lipinski definition) is 2. The number of piperidine rings is 1. The van der Waals surface area contributed by atoms with Gasteiger partial charge in [-0.15, -0.1) is 24.0 Å². The third kappa shape index (κ3) is 6.45. The number of carbonyl (C=O) groups is 1. The van der Waals surface area contributed by atoms with Crippen LogP contribution in [-0.4, -0.2) is 56.0 Å². The number of guanidine groups is 1. The Kier molecular flexibility index (Phi) is 9.35. The minimum absolute atomic E-state index is 0. The number of aliphatic imine (C=N–C) groups is 1. The van der Waals surface area contributed by atoms with Crippen molar-refractivity contribution in [1.29, 1.82) is 0 Å². The molecule has 2 N–H and O–H groups in total. The highest BCUT2D eigenvalue weighted by Crippen LogP contribution is 2.26. The van der Waals surface area contributed by atoms with Gasteiger partial charge in [-0.25, -0.2) is 0 Å². The molecule has 2 aromatic carbocycles. The fourth-order valence-corrected chi connectivity index (χ4v) is 4.51. The molecule has 0 spiro atoms. The number of likely N-dealkylation sites (tertiary alicyclic amines) is 1. The third-order valence-corrected chi connectivity index (χ3v) is 6.22. The van der Waals surface area contributed by atoms with E-state index in [1.54, 1.807) is 7.05 Å². The number of anilines is 1. The number of amides is 1. The number of aryl methyl sites for hydroxylation is 1. The molecule has 7 heteroatoms. The monoisotopic (exact) mass is 547 g/mol. The second kappa shape index (κ2) is 12.2. The van der Waals surface area contributed by atoms with Crippen molar-refractivity contribution in [3.63, 3.8) is 0 Å². The molecule has 32 heavy (non-hydrogen) atoms. The standard InChI is InChI=1S/C25H33N5O.HI/c1-26-25(27-18-24(31)30-15-7-11-21-10-5-6-12-23(21)30)28-22-13-16-29(17-14-22)19-20-8-3-2-4-9-20;/h2-6,8-10,12,22H,7,11,13-19H2,1H3,(H2,26,27,28);1H. The second-order valence-electron chi connectivity index (χ2n) is 8.38. The highest BCUT2D eigenvalue weighted by atomic mass is 127. The van der Waals surface area contributed by atoms with Crippen LogP contribution in [0.3, 0.4) is 0 Å². The smallest absolute Gasteiger partial charge is 0.246 e. The number of halogens is 1. The van der Waals surface area contributed by atoms with Crippen LogP contribution < -0.4 is 15.5 Å². The van der Waals surface area contributed by atoms with Crippen LogP contribution in [0.1, 0.15) is 30.4 Å². The Labute approximate surface area is 208 Å². The molecule has 0 aliphatic carbocycles. The molecule has 2 aliphatic rings. The summed E-state index contributed by atoms with van der Waals surface area (Å²) >= 11 is 0. The first kappa shape index (κ1) is 24.5. The number of hydrogen-bond acceptors (Lipinski definition) is 3. The summed E-state index contributed by atoms with van der Waals surface area (Å²) in [5, 5.41) is 6.74. The summed E-state index contributed by atoms with van der Waals surface area (Å²) in [4.78, 5) is 21.6. The summed E-state index contributed by atoms with van der Waals surface area (Å²) in [6, 6.07) is 19.2. The van der Waals surface area contributed by atoms with E-state index in [4.69, 9.17) is 0 Å². The molecule has 172 valence electrons. The van der Waals surface area contributed by atoms with Crippen LogP contribution in [0.2, 0.25) is 0 Å². The van der Waals surface area contributed by atoms with Gasteiger partial charge in [0.25, 0.3) is 0 Å². The topological polar surface area (TPSA) is 60.0 Å². The molecular formula is C25H34IN5O. The molecule has 1 amide bonds. The van der Waals surface area contributed by atoms with E-state index in [9.17, 15) is 4.79 Å². The Hall–Kier alpha value is -2.13. The summed E-state index contributed by atoms with van der Waals surface area (Å²) in [6.07, 6.45) is 4.19. The lowest BCUT2D eigenvalue weighted by molar-refractivity contribution is -0.117. The molecule has 1 saturated heterocycles. The van der Waals surface area contributed by atoms with E-state index in [1.165, 1.54) is 11.1 Å². The Bertz CT molecular complexity index is 896. The Balaban J connectivity index is 0.00000289. The molecule has 2 aliphatic heterocycles. The van der Waals surface area contributed by atoms with Gasteiger partial charge in [0.05, 0.1) is 6.54 Å². The predicted octanol–water partition coefficient (Wildman–Crippen LogP) is 3.41. The summed E-state index contributed by atoms with van der Waals surface area (Å²) in [5.41, 5.74) is 3.67. The van der Waals surface area contributed by atoms with Crippen molar-refractivity contribution in [2.24, 2.45) is 4.99 Å². The molecule has 0 bridgehead atoms. The van der Waals surface area contributed by atoms with Gasteiger partial charge in [-0.1, -0.05) is 48.5 Å². The number of para-hydroxylation sites is 1. The van der Waals surface area contributed by atoms with Gasteiger partial charge in [0, 0.05) is 45.0 Å². The molecule has 0 radical (unpaired) electrons. The molecule has 4 rings (SSSR count). The van der Waals surface area contributed by atoms with Crippen LogP contribution >= 0.6 is 24.0 Å². The zero-order chi connectivity index (χ0) is 21.5. The van der Waals surface area contributed by atoms with E-state index in [0.29, 0.717) is 12.0 Å². The fraction of sp³-hybridized carbons (Fsp3) is 0.440. The largest absolute Gasteiger partial charge is 0.354 e. The van der Waals surface area contributed by atoms with Gasteiger partial charge >= 0.3 is 0 Å². The Morgan fingerprint density at radius 2 is 1.75 bits per heavy atom. The molecule has 0 aromatic heterocycles. The zero-order valence-corrected chi connectivity index (χ0v) is 21.1. The van der Waals surface area contributed by atoms with Crippen molar-refractivity contribution in [3.8, 4) is 0 Å². The average molecular weight is 547 g/mol. The van der Waals surface area contributed by atoms with Crippen molar-refractivity contribution in [2.75, 3.05) is 38.1 Å². The van der Waals surface area contributed by atoms with Crippen molar-refractivity contribution in [2.45, 2.75) is 38.3 Å². The van der Waals surface area contributed by atoms with Crippen LogP contribution in [0, 0.1) is 0 Å². The maximum atomic E-state index is 12.9. The zero-order valence-electron chi connectivity index (χ0n) is 18.8. The van der Waals surface area contributed by atoms with Gasteiger partial charge in [-0.2, -0.15) is 0 Å². The van der Waals surface area contributed by atoms with E-state index in [2.05, 4.69) is 56.9 Å². The number of nitrogens with one attached hydrogen (secondary N) is 2. The van der Waals surface area contributed by atoms with E-state index in [-0.39, 0.29) is 36.4 Å². The molecule has 0 saturated carbocycles. The van der Waals surface area contributed by atoms with Crippen LogP contribution in [0.15, 0.2) is 59.6 Å². The van der Waals surface area contributed by atoms with Crippen LogP contribution in [0.25, 0.3) is 0 Å². The molecule has 2 heterocycles. The number of benzene rings is 2. The van der Waals surface area contributed by atoms with Crippen LogP contribution in [0.5, 0.6) is 0 Å². The first-order valence-electron chi connectivity index (χ1n) is 11.3. The van der Waals surface area contributed by atoms with E-state index in [0.717, 1.165) is 57.5 Å². The van der Waals surface area contributed by atoms with Crippen molar-refractivity contribution < 1.29 is 4.79 Å². The van der Waals surface area contributed by atoms with Crippen LogP contribution in [0.4, 0.5) is 5.69 Å². The van der Waals surface area contributed by atoms with Gasteiger partial charge in [-0.3, -0.25) is 14.7 Å².